The molecule has 1 N–H and O–H groups in total. The predicted octanol–water partition coefficient (Wildman–Crippen LogP) is 3.54. The standard InChI is InChI=1S/C21H28N2O3/c1-14(2)17-12-18-16(13-26-19(18)10-15(17)3)11-20(24)22-7-5-9-23-8-4-6-21(23)25/h10,12-14H,4-9,11H2,1-3H3,(H,22,24). The van der Waals surface area contributed by atoms with Gasteiger partial charge in [-0.05, 0) is 48.9 Å². The molecule has 2 heterocycles. The Morgan fingerprint density at radius 3 is 2.85 bits per heavy atom. The van der Waals surface area contributed by atoms with E-state index in [1.54, 1.807) is 6.26 Å². The Morgan fingerprint density at radius 1 is 1.35 bits per heavy atom. The maximum Gasteiger partial charge on any atom is 0.224 e. The zero-order valence-corrected chi connectivity index (χ0v) is 15.9. The third-order valence-electron chi connectivity index (χ3n) is 5.11. The second kappa shape index (κ2) is 7.94. The van der Waals surface area contributed by atoms with Crippen LogP contribution in [0.15, 0.2) is 22.8 Å². The molecule has 0 aliphatic carbocycles. The summed E-state index contributed by atoms with van der Waals surface area (Å²) in [7, 11) is 0. The molecular weight excluding hydrogens is 328 g/mol. The Morgan fingerprint density at radius 2 is 2.15 bits per heavy atom. The van der Waals surface area contributed by atoms with Crippen LogP contribution in [0.3, 0.4) is 0 Å². The van der Waals surface area contributed by atoms with E-state index in [0.717, 1.165) is 42.5 Å². The minimum Gasteiger partial charge on any atom is -0.464 e. The number of nitrogens with zero attached hydrogens (tertiary/aromatic N) is 1. The molecule has 1 aliphatic rings. The van der Waals surface area contributed by atoms with E-state index < -0.39 is 0 Å². The van der Waals surface area contributed by atoms with Crippen LogP contribution in [0.1, 0.15) is 55.7 Å². The number of rotatable bonds is 7. The van der Waals surface area contributed by atoms with Crippen LogP contribution in [0.25, 0.3) is 11.0 Å². The van der Waals surface area contributed by atoms with Gasteiger partial charge >= 0.3 is 0 Å². The molecule has 0 atom stereocenters. The summed E-state index contributed by atoms with van der Waals surface area (Å²) in [4.78, 5) is 25.7. The molecule has 0 bridgehead atoms. The molecule has 26 heavy (non-hydrogen) atoms. The Kier molecular flexibility index (Phi) is 5.64. The number of carbonyl (C=O) groups excluding carboxylic acids is 2. The highest BCUT2D eigenvalue weighted by Gasteiger charge is 2.19. The minimum absolute atomic E-state index is 0.00730. The van der Waals surface area contributed by atoms with E-state index in [1.807, 2.05) is 4.90 Å². The van der Waals surface area contributed by atoms with Crippen molar-refractivity contribution in [3.8, 4) is 0 Å². The Balaban J connectivity index is 1.55. The predicted molar refractivity (Wildman–Crippen MR) is 102 cm³/mol. The highest BCUT2D eigenvalue weighted by Crippen LogP contribution is 2.29. The lowest BCUT2D eigenvalue weighted by molar-refractivity contribution is -0.127. The molecule has 1 aromatic carbocycles. The number of likely N-dealkylation sites (tertiary alicyclic amines) is 1. The van der Waals surface area contributed by atoms with Crippen molar-refractivity contribution in [3.05, 3.63) is 35.1 Å². The monoisotopic (exact) mass is 356 g/mol. The summed E-state index contributed by atoms with van der Waals surface area (Å²) < 4.78 is 5.65. The molecule has 0 radical (unpaired) electrons. The van der Waals surface area contributed by atoms with Crippen LogP contribution in [0, 0.1) is 6.92 Å². The zero-order valence-electron chi connectivity index (χ0n) is 15.9. The second-order valence-electron chi connectivity index (χ2n) is 7.49. The quantitative estimate of drug-likeness (QED) is 0.772. The molecule has 2 aromatic rings. The van der Waals surface area contributed by atoms with Crippen LogP contribution in [-0.4, -0.2) is 36.3 Å². The van der Waals surface area contributed by atoms with Crippen LogP contribution in [0.2, 0.25) is 0 Å². The Hall–Kier alpha value is -2.30. The lowest BCUT2D eigenvalue weighted by atomic mass is 9.95. The van der Waals surface area contributed by atoms with Crippen LogP contribution < -0.4 is 5.32 Å². The van der Waals surface area contributed by atoms with E-state index in [-0.39, 0.29) is 11.8 Å². The van der Waals surface area contributed by atoms with Crippen molar-refractivity contribution < 1.29 is 14.0 Å². The first-order chi connectivity index (χ1) is 12.5. The van der Waals surface area contributed by atoms with Gasteiger partial charge in [-0.25, -0.2) is 0 Å². The first-order valence-electron chi connectivity index (χ1n) is 9.51. The fourth-order valence-corrected chi connectivity index (χ4v) is 3.68. The number of nitrogens with one attached hydrogen (secondary N) is 1. The Bertz CT molecular complexity index is 807. The number of hydrogen-bond acceptors (Lipinski definition) is 3. The van der Waals surface area contributed by atoms with Crippen molar-refractivity contribution in [2.75, 3.05) is 19.6 Å². The van der Waals surface area contributed by atoms with Gasteiger partial charge in [0.05, 0.1) is 12.7 Å². The molecule has 140 valence electrons. The summed E-state index contributed by atoms with van der Waals surface area (Å²) in [6.07, 6.45) is 4.42. The lowest BCUT2D eigenvalue weighted by Crippen LogP contribution is -2.31. The normalized spacial score (nSPS) is 14.6. The van der Waals surface area contributed by atoms with Gasteiger partial charge < -0.3 is 14.6 Å². The SMILES string of the molecule is Cc1cc2occ(CC(=O)NCCCN3CCCC3=O)c2cc1C(C)C. The molecule has 1 fully saturated rings. The number of fused-ring (bicyclic) bond motifs is 1. The van der Waals surface area contributed by atoms with Gasteiger partial charge in [-0.3, -0.25) is 9.59 Å². The molecule has 2 amide bonds. The van der Waals surface area contributed by atoms with E-state index in [4.69, 9.17) is 4.42 Å². The second-order valence-corrected chi connectivity index (χ2v) is 7.49. The number of hydrogen-bond donors (Lipinski definition) is 1. The third kappa shape index (κ3) is 4.09. The number of benzene rings is 1. The van der Waals surface area contributed by atoms with Gasteiger partial charge in [0, 0.05) is 37.0 Å². The van der Waals surface area contributed by atoms with Crippen molar-refractivity contribution >= 4 is 22.8 Å². The molecule has 1 aliphatic heterocycles. The first-order valence-corrected chi connectivity index (χ1v) is 9.51. The van der Waals surface area contributed by atoms with Crippen LogP contribution >= 0.6 is 0 Å². The smallest absolute Gasteiger partial charge is 0.224 e. The van der Waals surface area contributed by atoms with Crippen LogP contribution in [0.5, 0.6) is 0 Å². The third-order valence-corrected chi connectivity index (χ3v) is 5.11. The highest BCUT2D eigenvalue weighted by molar-refractivity contribution is 5.88. The summed E-state index contributed by atoms with van der Waals surface area (Å²) in [5, 5.41) is 3.98. The number of furan rings is 1. The van der Waals surface area contributed by atoms with Gasteiger partial charge in [0.1, 0.15) is 5.58 Å². The lowest BCUT2D eigenvalue weighted by Gasteiger charge is -2.15. The minimum atomic E-state index is -0.00730. The topological polar surface area (TPSA) is 62.6 Å². The molecule has 0 saturated carbocycles. The fourth-order valence-electron chi connectivity index (χ4n) is 3.68. The molecule has 3 rings (SSSR count). The maximum atomic E-state index is 12.3. The van der Waals surface area contributed by atoms with Crippen molar-refractivity contribution in [2.45, 2.75) is 52.4 Å². The summed E-state index contributed by atoms with van der Waals surface area (Å²) in [6.45, 7) is 8.61. The summed E-state index contributed by atoms with van der Waals surface area (Å²) in [5.41, 5.74) is 4.27. The van der Waals surface area contributed by atoms with Crippen molar-refractivity contribution in [1.29, 1.82) is 0 Å². The van der Waals surface area contributed by atoms with Crippen molar-refractivity contribution in [1.82, 2.24) is 10.2 Å². The molecule has 1 aromatic heterocycles. The van der Waals surface area contributed by atoms with E-state index in [2.05, 4.69) is 38.2 Å². The Labute approximate surface area is 154 Å². The number of amides is 2. The molecule has 5 nitrogen and oxygen atoms in total. The largest absolute Gasteiger partial charge is 0.464 e. The average Bonchev–Trinajstić information content (AvgIpc) is 3.17. The van der Waals surface area contributed by atoms with Gasteiger partial charge in [0.15, 0.2) is 0 Å². The first kappa shape index (κ1) is 18.5. The highest BCUT2D eigenvalue weighted by atomic mass is 16.3. The van der Waals surface area contributed by atoms with Gasteiger partial charge in [-0.1, -0.05) is 13.8 Å². The fraction of sp³-hybridized carbons (Fsp3) is 0.524. The molecular formula is C21H28N2O3. The van der Waals surface area contributed by atoms with Crippen LogP contribution in [0.4, 0.5) is 0 Å². The van der Waals surface area contributed by atoms with Gasteiger partial charge in [0.2, 0.25) is 11.8 Å². The van der Waals surface area contributed by atoms with Crippen molar-refractivity contribution in [3.63, 3.8) is 0 Å². The molecule has 5 heteroatoms. The molecule has 0 spiro atoms. The van der Waals surface area contributed by atoms with E-state index in [0.29, 0.717) is 25.3 Å². The van der Waals surface area contributed by atoms with Gasteiger partial charge in [-0.15, -0.1) is 0 Å². The van der Waals surface area contributed by atoms with Crippen LogP contribution in [-0.2, 0) is 16.0 Å². The molecule has 0 unspecified atom stereocenters. The van der Waals surface area contributed by atoms with Gasteiger partial charge in [-0.2, -0.15) is 0 Å². The number of carbonyl (C=O) groups is 2. The van der Waals surface area contributed by atoms with E-state index in [9.17, 15) is 9.59 Å². The summed E-state index contributed by atoms with van der Waals surface area (Å²) in [6, 6.07) is 4.21. The maximum absolute atomic E-state index is 12.3. The summed E-state index contributed by atoms with van der Waals surface area (Å²) in [5.74, 6) is 0.661. The van der Waals surface area contributed by atoms with E-state index in [1.165, 1.54) is 11.1 Å². The van der Waals surface area contributed by atoms with E-state index >= 15 is 0 Å². The average molecular weight is 356 g/mol. The zero-order chi connectivity index (χ0) is 18.7. The van der Waals surface area contributed by atoms with Crippen molar-refractivity contribution in [2.24, 2.45) is 0 Å². The number of aryl methyl sites for hydroxylation is 1. The van der Waals surface area contributed by atoms with Gasteiger partial charge in [0.25, 0.3) is 0 Å². The summed E-state index contributed by atoms with van der Waals surface area (Å²) >= 11 is 0. The molecule has 1 saturated heterocycles.